The van der Waals surface area contributed by atoms with Crippen LogP contribution in [0.2, 0.25) is 24.2 Å². The summed E-state index contributed by atoms with van der Waals surface area (Å²) in [7, 11) is -0.0418. The van der Waals surface area contributed by atoms with Crippen LogP contribution in [0, 0.1) is 0 Å². The lowest BCUT2D eigenvalue weighted by Crippen LogP contribution is -2.35. The fourth-order valence-electron chi connectivity index (χ4n) is 3.37. The zero-order valence-corrected chi connectivity index (χ0v) is 26.0. The van der Waals surface area contributed by atoms with E-state index in [2.05, 4.69) is 83.1 Å². The van der Waals surface area contributed by atoms with Crippen molar-refractivity contribution in [2.24, 2.45) is 0 Å². The summed E-state index contributed by atoms with van der Waals surface area (Å²) in [4.78, 5) is 0. The first kappa shape index (κ1) is 31.3. The van der Waals surface area contributed by atoms with Crippen LogP contribution in [0.15, 0.2) is 0 Å². The first-order chi connectivity index (χ1) is 13.9. The van der Waals surface area contributed by atoms with Gasteiger partial charge in [-0.15, -0.1) is 0 Å². The third kappa shape index (κ3) is 23.2. The van der Waals surface area contributed by atoms with Crippen molar-refractivity contribution < 1.29 is 18.9 Å². The van der Waals surface area contributed by atoms with Gasteiger partial charge in [-0.05, 0) is 95.9 Å². The number of ether oxygens (including phenoxy) is 4. The van der Waals surface area contributed by atoms with Gasteiger partial charge in [0.1, 0.15) is 0 Å². The fourth-order valence-corrected chi connectivity index (χ4v) is 7.44. The lowest BCUT2D eigenvalue weighted by atomic mass is 10.2. The second kappa shape index (κ2) is 13.9. The molecule has 0 aromatic heterocycles. The highest BCUT2D eigenvalue weighted by atomic mass is 28.2. The van der Waals surface area contributed by atoms with Gasteiger partial charge in [0.15, 0.2) is 12.6 Å². The first-order valence-electron chi connectivity index (χ1n) is 12.6. The minimum atomic E-state index is -0.158. The summed E-state index contributed by atoms with van der Waals surface area (Å²) in [6.07, 6.45) is 3.32. The van der Waals surface area contributed by atoms with Crippen LogP contribution in [-0.4, -0.2) is 54.0 Å². The zero-order valence-electron chi connectivity index (χ0n) is 23.2. The van der Waals surface area contributed by atoms with Gasteiger partial charge in [0.05, 0.1) is 22.4 Å². The van der Waals surface area contributed by atoms with E-state index in [1.165, 1.54) is 30.6 Å². The van der Waals surface area contributed by atoms with E-state index in [4.69, 9.17) is 18.9 Å². The van der Waals surface area contributed by atoms with Crippen LogP contribution in [-0.2, 0) is 18.9 Å². The molecule has 0 aliphatic rings. The second-order valence-corrected chi connectivity index (χ2v) is 17.1. The molecule has 188 valence electrons. The van der Waals surface area contributed by atoms with Crippen molar-refractivity contribution in [2.75, 3.05) is 0 Å². The molecule has 31 heavy (non-hydrogen) atoms. The van der Waals surface area contributed by atoms with E-state index >= 15 is 0 Å². The molecule has 0 N–H and O–H groups in total. The Bertz CT molecular complexity index is 382. The molecule has 0 saturated heterocycles. The van der Waals surface area contributed by atoms with Crippen molar-refractivity contribution in [2.45, 2.75) is 162 Å². The predicted octanol–water partition coefficient (Wildman–Crippen LogP) is 6.08. The first-order valence-corrected chi connectivity index (χ1v) is 16.6. The minimum Gasteiger partial charge on any atom is -0.347 e. The average Bonchev–Trinajstić information content (AvgIpc) is 2.46. The van der Waals surface area contributed by atoms with Crippen molar-refractivity contribution >= 4 is 19.0 Å². The third-order valence-corrected chi connectivity index (χ3v) is 8.14. The fraction of sp³-hybridized carbons (Fsp3) is 1.00. The quantitative estimate of drug-likeness (QED) is 0.173. The van der Waals surface area contributed by atoms with Crippen LogP contribution in [0.25, 0.3) is 0 Å². The van der Waals surface area contributed by atoms with Gasteiger partial charge in [-0.3, -0.25) is 0 Å². The molecule has 0 radical (unpaired) electrons. The third-order valence-electron chi connectivity index (χ3n) is 4.32. The van der Waals surface area contributed by atoms with Crippen LogP contribution in [0.3, 0.4) is 0 Å². The Morgan fingerprint density at radius 2 is 0.710 bits per heavy atom. The minimum absolute atomic E-state index is 0.0209. The maximum Gasteiger partial charge on any atom is 0.158 e. The molecule has 0 spiro atoms. The largest absolute Gasteiger partial charge is 0.347 e. The van der Waals surface area contributed by atoms with Crippen LogP contribution in [0.5, 0.6) is 0 Å². The van der Waals surface area contributed by atoms with Gasteiger partial charge < -0.3 is 18.9 Å². The molecule has 0 fully saturated rings. The molecule has 0 aromatic rings. The maximum absolute atomic E-state index is 6.15. The molecular weight excluding hydrogens is 420 g/mol. The van der Waals surface area contributed by atoms with Crippen molar-refractivity contribution in [1.82, 2.24) is 0 Å². The summed E-state index contributed by atoms with van der Waals surface area (Å²) in [5.74, 6) is 0. The average molecular weight is 477 g/mol. The summed E-state index contributed by atoms with van der Waals surface area (Å²) in [6.45, 7) is 25.3. The van der Waals surface area contributed by atoms with Gasteiger partial charge in [-0.25, -0.2) is 0 Å². The van der Waals surface area contributed by atoms with Gasteiger partial charge >= 0.3 is 0 Å². The summed E-state index contributed by atoms with van der Waals surface area (Å²) in [6, 6.07) is 5.51. The Labute approximate surface area is 199 Å². The molecular formula is C25H56O4Si2. The topological polar surface area (TPSA) is 36.9 Å². The Kier molecular flexibility index (Phi) is 14.0. The molecule has 0 unspecified atom stereocenters. The highest BCUT2D eigenvalue weighted by molar-refractivity contribution is 6.37. The van der Waals surface area contributed by atoms with Crippen molar-refractivity contribution in [3.05, 3.63) is 0 Å². The molecule has 0 bridgehead atoms. The number of hydrogen-bond acceptors (Lipinski definition) is 4. The van der Waals surface area contributed by atoms with Crippen LogP contribution < -0.4 is 0 Å². The molecule has 0 aromatic carbocycles. The summed E-state index contributed by atoms with van der Waals surface area (Å²) in [5, 5.41) is 0. The van der Waals surface area contributed by atoms with Gasteiger partial charge in [-0.1, -0.05) is 30.6 Å². The summed E-state index contributed by atoms with van der Waals surface area (Å²) >= 11 is 0. The van der Waals surface area contributed by atoms with Gasteiger partial charge in [0.2, 0.25) is 0 Å². The normalized spacial score (nSPS) is 14.9. The molecule has 4 nitrogen and oxygen atoms in total. The highest BCUT2D eigenvalue weighted by Gasteiger charge is 2.25. The van der Waals surface area contributed by atoms with Gasteiger partial charge in [0.25, 0.3) is 0 Å². The molecule has 0 rings (SSSR count). The van der Waals surface area contributed by atoms with Crippen LogP contribution in [0.1, 0.15) is 102 Å². The zero-order chi connectivity index (χ0) is 24.3. The number of rotatable bonds is 14. The summed E-state index contributed by atoms with van der Waals surface area (Å²) < 4.78 is 24.6. The maximum atomic E-state index is 6.15. The van der Waals surface area contributed by atoms with Gasteiger partial charge in [-0.2, -0.15) is 0 Å². The molecule has 0 aliphatic heterocycles. The highest BCUT2D eigenvalue weighted by Crippen LogP contribution is 2.22. The van der Waals surface area contributed by atoms with E-state index in [1.54, 1.807) is 0 Å². The van der Waals surface area contributed by atoms with Gasteiger partial charge in [0, 0.05) is 19.0 Å². The van der Waals surface area contributed by atoms with E-state index in [1.807, 2.05) is 0 Å². The monoisotopic (exact) mass is 476 g/mol. The van der Waals surface area contributed by atoms with E-state index in [0.29, 0.717) is 0 Å². The molecule has 6 heteroatoms. The lowest BCUT2D eigenvalue weighted by molar-refractivity contribution is -0.234. The van der Waals surface area contributed by atoms with Crippen LogP contribution in [0.4, 0.5) is 0 Å². The van der Waals surface area contributed by atoms with Crippen molar-refractivity contribution in [1.29, 1.82) is 0 Å². The Morgan fingerprint density at radius 3 is 0.935 bits per heavy atom. The second-order valence-electron chi connectivity index (χ2n) is 12.8. The van der Waals surface area contributed by atoms with Crippen molar-refractivity contribution in [3.63, 3.8) is 0 Å². The Balaban J connectivity index is 4.06. The Morgan fingerprint density at radius 1 is 0.452 bits per heavy atom. The SMILES string of the molecule is CC(C)(C)OC(CC[SiH2]CCC[SiH2]CCC(OC(C)(C)C)OC(C)(C)C)OC(C)(C)C. The van der Waals surface area contributed by atoms with E-state index in [0.717, 1.165) is 12.8 Å². The predicted molar refractivity (Wildman–Crippen MR) is 141 cm³/mol. The smallest absolute Gasteiger partial charge is 0.158 e. The van der Waals surface area contributed by atoms with Crippen molar-refractivity contribution in [3.8, 4) is 0 Å². The molecule has 0 atom stereocenters. The van der Waals surface area contributed by atoms with E-state index < -0.39 is 0 Å². The molecule has 0 amide bonds. The molecule has 0 saturated carbocycles. The van der Waals surface area contributed by atoms with E-state index in [9.17, 15) is 0 Å². The molecule has 0 aliphatic carbocycles. The lowest BCUT2D eigenvalue weighted by Gasteiger charge is -2.32. The molecule has 0 heterocycles. The standard InChI is InChI=1S/C25H56O4Si2/c1-22(2,3)26-20(27-23(4,5)6)14-18-30-16-13-17-31-19-15-21(28-24(7,8)9)29-25(10,11)12/h20-21H,13-19,30-31H2,1-12H3. The van der Waals surface area contributed by atoms with Crippen LogP contribution >= 0.6 is 0 Å². The Hall–Kier alpha value is 0.274. The number of hydrogen-bond donors (Lipinski definition) is 0. The summed E-state index contributed by atoms with van der Waals surface area (Å²) in [5.41, 5.74) is -0.634. The van der Waals surface area contributed by atoms with E-state index in [-0.39, 0.29) is 54.0 Å².